The van der Waals surface area contributed by atoms with Gasteiger partial charge in [-0.25, -0.2) is 34.1 Å². The Hall–Kier alpha value is -5.07. The van der Waals surface area contributed by atoms with Gasteiger partial charge in [-0.2, -0.15) is 0 Å². The number of hydrogen-bond donors (Lipinski definition) is 0. The van der Waals surface area contributed by atoms with Gasteiger partial charge in [-0.3, -0.25) is 0 Å². The Balaban J connectivity index is 0.00000442. The molecule has 8 bridgehead atoms. The van der Waals surface area contributed by atoms with Crippen molar-refractivity contribution in [2.45, 2.75) is 20.8 Å². The first-order valence-electron chi connectivity index (χ1n) is 13.2. The van der Waals surface area contributed by atoms with Gasteiger partial charge in [-0.05, 0) is 45.1 Å². The summed E-state index contributed by atoms with van der Waals surface area (Å²) in [6.45, 7) is 5.02. The Morgan fingerprint density at radius 2 is 0.841 bits per heavy atom. The molecule has 0 radical (unpaired) electrons. The average molecular weight is 641 g/mol. The van der Waals surface area contributed by atoms with Crippen molar-refractivity contribution in [1.29, 1.82) is 0 Å². The van der Waals surface area contributed by atoms with Crippen LogP contribution in [0.3, 0.4) is 0 Å². The molecule has 0 amide bonds. The van der Waals surface area contributed by atoms with Crippen molar-refractivity contribution < 1.29 is 59.9 Å². The van der Waals surface area contributed by atoms with E-state index in [-0.39, 0.29) is 104 Å². The van der Waals surface area contributed by atoms with E-state index < -0.39 is 23.9 Å². The van der Waals surface area contributed by atoms with E-state index in [4.69, 9.17) is 14.2 Å². The third-order valence-electron chi connectivity index (χ3n) is 6.32. The number of carbonyl (C=O) groups is 4. The number of ether oxygens (including phenoxy) is 3. The van der Waals surface area contributed by atoms with Crippen molar-refractivity contribution in [2.75, 3.05) is 19.8 Å². The molecule has 0 saturated heterocycles. The molecule has 12 nitrogen and oxygen atoms in total. The molecule has 44 heavy (non-hydrogen) atoms. The first kappa shape index (κ1) is 31.9. The number of esters is 3. The maximum atomic E-state index is 13.3. The Kier molecular flexibility index (Phi) is 9.76. The van der Waals surface area contributed by atoms with Gasteiger partial charge in [0.2, 0.25) is 0 Å². The van der Waals surface area contributed by atoms with E-state index in [0.29, 0.717) is 0 Å². The van der Waals surface area contributed by atoms with Gasteiger partial charge >= 0.3 is 40.9 Å². The van der Waals surface area contributed by atoms with Gasteiger partial charge in [0.05, 0.1) is 64.9 Å². The molecule has 5 rings (SSSR count). The minimum atomic E-state index is -1.40. The van der Waals surface area contributed by atoms with Crippen LogP contribution in [0.1, 0.15) is 85.0 Å². The molecule has 2 aliphatic heterocycles. The summed E-state index contributed by atoms with van der Waals surface area (Å²) in [4.78, 5) is 73.4. The van der Waals surface area contributed by atoms with Gasteiger partial charge in [0.25, 0.3) is 0 Å². The van der Waals surface area contributed by atoms with Crippen LogP contribution in [-0.2, 0) is 36.2 Å². The maximum absolute atomic E-state index is 13.3. The third kappa shape index (κ3) is 5.89. The number of carbonyl (C=O) groups excluding carboxylic acids is 4. The fourth-order valence-corrected chi connectivity index (χ4v) is 4.57. The second kappa shape index (κ2) is 13.5. The normalized spacial score (nSPS) is 11.5. The van der Waals surface area contributed by atoms with E-state index in [9.17, 15) is 23.7 Å². The van der Waals surface area contributed by atoms with E-state index in [2.05, 4.69) is 24.9 Å². The fourth-order valence-electron chi connectivity index (χ4n) is 4.57. The molecule has 0 unspecified atom stereocenters. The van der Waals surface area contributed by atoms with Crippen LogP contribution >= 0.6 is 0 Å². The maximum Gasteiger partial charge on any atom is 3.00 e. The van der Waals surface area contributed by atoms with Gasteiger partial charge in [0.15, 0.2) is 0 Å². The third-order valence-corrected chi connectivity index (χ3v) is 6.32. The minimum Gasteiger partial charge on any atom is -0.656 e. The smallest absolute Gasteiger partial charge is 0.656 e. The Labute approximate surface area is 259 Å². The van der Waals surface area contributed by atoms with Crippen molar-refractivity contribution in [2.24, 2.45) is 0 Å². The molecular weight excluding hydrogens is 618 g/mol. The summed E-state index contributed by atoms with van der Waals surface area (Å²) in [7, 11) is 0. The van der Waals surface area contributed by atoms with E-state index in [1.54, 1.807) is 20.8 Å². The molecule has 2 aliphatic rings. The molecule has 0 fully saturated rings. The van der Waals surface area contributed by atoms with Crippen LogP contribution in [0.2, 0.25) is 0 Å². The van der Waals surface area contributed by atoms with E-state index in [0.717, 1.165) is 0 Å². The zero-order valence-corrected chi connectivity index (χ0v) is 24.7. The van der Waals surface area contributed by atoms with Crippen LogP contribution in [0.4, 0.5) is 4.53 Å². The number of rotatable bonds is 7. The molecule has 224 valence electrons. The topological polar surface area (TPSA) is 159 Å². The number of aromatic nitrogens is 4. The first-order chi connectivity index (χ1) is 20.8. The van der Waals surface area contributed by atoms with Crippen LogP contribution in [0, 0.1) is 0 Å². The molecule has 0 aliphatic carbocycles. The fraction of sp³-hybridized carbons (Fsp3) is 0.200. The van der Waals surface area contributed by atoms with Gasteiger partial charge in [0, 0.05) is 4.53 Å². The Morgan fingerprint density at radius 1 is 0.568 bits per heavy atom. The largest absolute Gasteiger partial charge is 3.00 e. The van der Waals surface area contributed by atoms with Gasteiger partial charge in [-0.15, -0.1) is 22.1 Å². The first-order valence-corrected chi connectivity index (χ1v) is 13.2. The summed E-state index contributed by atoms with van der Waals surface area (Å²) in [5.41, 5.74) is -0.159. The molecule has 0 N–H and O–H groups in total. The van der Waals surface area contributed by atoms with Crippen LogP contribution in [-0.4, -0.2) is 53.7 Å². The average Bonchev–Trinajstić information content (AvgIpc) is 3.80. The quantitative estimate of drug-likeness (QED) is 0.140. The van der Waals surface area contributed by atoms with Gasteiger partial charge in [-0.1, -0.05) is 24.3 Å². The molecule has 3 aromatic rings. The van der Waals surface area contributed by atoms with Crippen LogP contribution in [0.5, 0.6) is 0 Å². The van der Waals surface area contributed by atoms with Crippen LogP contribution in [0.15, 0.2) is 24.3 Å². The predicted molar refractivity (Wildman–Crippen MR) is 151 cm³/mol. The number of nitrogens with zero attached hydrogens (tertiary/aromatic N) is 4. The molecular formula is C30H23FMnN4O8+. The number of halogens is 1. The van der Waals surface area contributed by atoms with E-state index in [1.165, 1.54) is 48.6 Å². The molecule has 0 aromatic carbocycles. The van der Waals surface area contributed by atoms with E-state index >= 15 is 0 Å². The molecule has 0 spiro atoms. The van der Waals surface area contributed by atoms with Crippen LogP contribution in [0.25, 0.3) is 46.4 Å². The second-order valence-electron chi connectivity index (χ2n) is 8.89. The zero-order valence-electron chi connectivity index (χ0n) is 23.6. The summed E-state index contributed by atoms with van der Waals surface area (Å²) in [6, 6.07) is 5.77. The Bertz CT molecular complexity index is 1880. The predicted octanol–water partition coefficient (Wildman–Crippen LogP) is 4.48. The van der Waals surface area contributed by atoms with Crippen molar-refractivity contribution >= 4 is 70.2 Å². The summed E-state index contributed by atoms with van der Waals surface area (Å²) in [5.74, 6) is -3.69. The molecule has 3 aromatic heterocycles. The number of hydrogen-bond acceptors (Lipinski definition) is 10. The zero-order chi connectivity index (χ0) is 30.7. The van der Waals surface area contributed by atoms with Gasteiger partial charge < -0.3 is 24.2 Å². The van der Waals surface area contributed by atoms with Crippen LogP contribution < -0.4 is 9.97 Å². The van der Waals surface area contributed by atoms with Crippen molar-refractivity contribution in [3.63, 3.8) is 0 Å². The molecule has 14 heteroatoms. The molecule has 0 saturated carbocycles. The van der Waals surface area contributed by atoms with E-state index in [1.807, 2.05) is 0 Å². The summed E-state index contributed by atoms with van der Waals surface area (Å²) < 4.78 is 29.1. The van der Waals surface area contributed by atoms with Crippen molar-refractivity contribution in [3.05, 3.63) is 69.3 Å². The standard InChI is InChI=1S/C30H24FN4O8.Mn/c1-4-40-27(36)23-15-7-9-17(32-15)24(28(37)41-5-2)19-11-13-21(34-19)26(30(39)43-31)22-14-12-20(35-22)25(29(38)42-6-3)18-10-8-16(23)33-18;/h7-14H,4-6H2,1-3H3,(H-,32,33,34,35,36,37,38,39);/q-1;+3/p-1. The second-order valence-corrected chi connectivity index (χ2v) is 8.89. The summed E-state index contributed by atoms with van der Waals surface area (Å²) in [6.07, 6.45) is 5.77. The summed E-state index contributed by atoms with van der Waals surface area (Å²) in [5, 5.41) is 0. The minimum absolute atomic E-state index is 0. The monoisotopic (exact) mass is 641 g/mol. The molecule has 5 heterocycles. The van der Waals surface area contributed by atoms with Gasteiger partial charge in [0.1, 0.15) is 0 Å². The molecule has 0 atom stereocenters. The summed E-state index contributed by atoms with van der Waals surface area (Å²) >= 11 is 0. The van der Waals surface area contributed by atoms with Crippen molar-refractivity contribution in [1.82, 2.24) is 19.9 Å². The Morgan fingerprint density at radius 3 is 1.09 bits per heavy atom. The number of fused-ring (bicyclic) bond motifs is 8. The SMILES string of the molecule is CCOC(=O)c1c2nc(c(C(=O)OCC)c3ccc([n-]3)c(C(=O)OCC)c3nc(c(C(=O)OF)c4ccc1[n-]4)C=C3)C=C2.[Mn+3]. The van der Waals surface area contributed by atoms with Crippen molar-refractivity contribution in [3.8, 4) is 0 Å².